The van der Waals surface area contributed by atoms with E-state index in [1.165, 1.54) is 6.07 Å². The maximum atomic E-state index is 13.6. The van der Waals surface area contributed by atoms with Gasteiger partial charge in [-0.1, -0.05) is 36.4 Å². The van der Waals surface area contributed by atoms with E-state index in [1.54, 1.807) is 24.3 Å². The van der Waals surface area contributed by atoms with Crippen LogP contribution < -0.4 is 14.8 Å². The number of likely N-dealkylation sites (tertiary alicyclic amines) is 1. The van der Waals surface area contributed by atoms with Crippen molar-refractivity contribution in [2.75, 3.05) is 19.6 Å². The lowest BCUT2D eigenvalue weighted by Crippen LogP contribution is -2.52. The summed E-state index contributed by atoms with van der Waals surface area (Å²) in [4.78, 5) is 14.5. The molecule has 2 aliphatic rings. The quantitative estimate of drug-likeness (QED) is 0.577. The number of halogens is 4. The van der Waals surface area contributed by atoms with Crippen LogP contribution in [0, 0.1) is 0 Å². The smallest absolute Gasteiger partial charge is 0.445 e. The average molecular weight is 484 g/mol. The number of nitrogens with zero attached hydrogens (tertiary/aromatic N) is 1. The molecule has 184 valence electrons. The Morgan fingerprint density at radius 2 is 1.68 bits per heavy atom. The van der Waals surface area contributed by atoms with E-state index < -0.39 is 42.0 Å². The second-order valence-corrected chi connectivity index (χ2v) is 8.21. The topological polar surface area (TPSA) is 80.3 Å². The lowest BCUT2D eigenvalue weighted by atomic mass is 10.0. The van der Waals surface area contributed by atoms with Crippen LogP contribution in [-0.2, 0) is 11.3 Å². The van der Waals surface area contributed by atoms with Gasteiger partial charge < -0.3 is 29.5 Å². The number of alkyl halides is 4. The highest BCUT2D eigenvalue weighted by atomic mass is 19.3. The molecule has 0 spiro atoms. The van der Waals surface area contributed by atoms with Gasteiger partial charge in [-0.15, -0.1) is 0 Å². The number of alkyl carbamates (subject to hydrolysis) is 1. The van der Waals surface area contributed by atoms with Gasteiger partial charge in [0, 0.05) is 6.54 Å². The minimum absolute atomic E-state index is 0.0204. The van der Waals surface area contributed by atoms with E-state index in [9.17, 15) is 27.5 Å². The molecule has 2 heterocycles. The van der Waals surface area contributed by atoms with Gasteiger partial charge in [0.2, 0.25) is 0 Å². The minimum atomic E-state index is -4.88. The van der Waals surface area contributed by atoms with E-state index in [2.05, 4.69) is 14.8 Å². The third-order valence-electron chi connectivity index (χ3n) is 5.68. The number of rotatable bonds is 7. The van der Waals surface area contributed by atoms with Crippen LogP contribution in [-0.4, -0.2) is 54.0 Å². The fourth-order valence-electron chi connectivity index (χ4n) is 3.88. The molecule has 0 saturated carbocycles. The molecular weight excluding hydrogens is 460 g/mol. The van der Waals surface area contributed by atoms with Gasteiger partial charge in [0.1, 0.15) is 12.7 Å². The van der Waals surface area contributed by atoms with Gasteiger partial charge in [-0.25, -0.2) is 4.79 Å². The third-order valence-corrected chi connectivity index (χ3v) is 5.68. The first kappa shape index (κ1) is 24.1. The van der Waals surface area contributed by atoms with Crippen molar-refractivity contribution < 1.29 is 41.7 Å². The van der Waals surface area contributed by atoms with Crippen molar-refractivity contribution in [1.82, 2.24) is 10.2 Å². The molecule has 2 aromatic rings. The van der Waals surface area contributed by atoms with Crippen molar-refractivity contribution in [2.45, 2.75) is 43.8 Å². The number of nitrogens with one attached hydrogen (secondary N) is 1. The van der Waals surface area contributed by atoms with E-state index in [-0.39, 0.29) is 18.7 Å². The zero-order valence-corrected chi connectivity index (χ0v) is 18.1. The highest BCUT2D eigenvalue weighted by Crippen LogP contribution is 2.47. The maximum Gasteiger partial charge on any atom is 0.507 e. The Hall–Kier alpha value is -3.05. The summed E-state index contributed by atoms with van der Waals surface area (Å²) in [5, 5.41) is 13.6. The molecule has 1 amide bonds. The van der Waals surface area contributed by atoms with Crippen LogP contribution >= 0.6 is 0 Å². The minimum Gasteiger partial charge on any atom is -0.445 e. The van der Waals surface area contributed by atoms with Gasteiger partial charge in [-0.05, 0) is 49.2 Å². The van der Waals surface area contributed by atoms with Gasteiger partial charge in [0.05, 0.1) is 6.04 Å². The second kappa shape index (κ2) is 9.67. The molecule has 1 saturated heterocycles. The first-order chi connectivity index (χ1) is 16.1. The summed E-state index contributed by atoms with van der Waals surface area (Å²) in [7, 11) is 0. The zero-order chi connectivity index (χ0) is 24.3. The van der Waals surface area contributed by atoms with E-state index >= 15 is 0 Å². The number of fused-ring (bicyclic) bond motifs is 1. The van der Waals surface area contributed by atoms with Crippen molar-refractivity contribution in [3.05, 3.63) is 59.7 Å². The number of hydrogen-bond donors (Lipinski definition) is 2. The fourth-order valence-corrected chi connectivity index (χ4v) is 3.88. The molecule has 2 aliphatic heterocycles. The monoisotopic (exact) mass is 484 g/mol. The number of aliphatic hydroxyl groups is 1. The molecule has 2 N–H and O–H groups in total. The summed E-state index contributed by atoms with van der Waals surface area (Å²) in [6, 6.07) is 11.4. The molecular formula is C23H24F4N2O5. The molecule has 2 atom stereocenters. The van der Waals surface area contributed by atoms with Crippen LogP contribution in [0.3, 0.4) is 0 Å². The number of hydrogen-bond acceptors (Lipinski definition) is 6. The van der Waals surface area contributed by atoms with E-state index in [0.717, 1.165) is 43.6 Å². The Morgan fingerprint density at radius 3 is 2.35 bits per heavy atom. The molecule has 4 rings (SSSR count). The SMILES string of the molecule is O=C(NC(CN1CCCC1)C(O)c1ccc2c(c1)OC(F)(F)C(F)(F)O2)OCc1ccccc1. The number of carbonyl (C=O) groups excluding carboxylic acids is 1. The predicted molar refractivity (Wildman–Crippen MR) is 112 cm³/mol. The number of amides is 1. The van der Waals surface area contributed by atoms with Crippen LogP contribution in [0.4, 0.5) is 22.4 Å². The average Bonchev–Trinajstić information content (AvgIpc) is 3.31. The summed E-state index contributed by atoms with van der Waals surface area (Å²) >= 11 is 0. The molecule has 0 bridgehead atoms. The molecule has 0 radical (unpaired) electrons. The normalized spacial score (nSPS) is 20.4. The Balaban J connectivity index is 1.49. The maximum absolute atomic E-state index is 13.6. The van der Waals surface area contributed by atoms with Crippen molar-refractivity contribution in [1.29, 1.82) is 0 Å². The Morgan fingerprint density at radius 1 is 1.03 bits per heavy atom. The van der Waals surface area contributed by atoms with E-state index in [0.29, 0.717) is 0 Å². The lowest BCUT2D eigenvalue weighted by Gasteiger charge is -2.33. The van der Waals surface area contributed by atoms with Gasteiger partial charge >= 0.3 is 18.3 Å². The molecule has 0 aliphatic carbocycles. The highest BCUT2D eigenvalue weighted by molar-refractivity contribution is 5.67. The van der Waals surface area contributed by atoms with Crippen molar-refractivity contribution >= 4 is 6.09 Å². The first-order valence-electron chi connectivity index (χ1n) is 10.8. The van der Waals surface area contributed by atoms with Crippen LogP contribution in [0.1, 0.15) is 30.1 Å². The third kappa shape index (κ3) is 5.36. The molecule has 2 aromatic carbocycles. The summed E-state index contributed by atoms with van der Waals surface area (Å²) in [5.41, 5.74) is 0.856. The highest BCUT2D eigenvalue weighted by Gasteiger charge is 2.66. The van der Waals surface area contributed by atoms with Gasteiger partial charge in [0.25, 0.3) is 0 Å². The molecule has 0 aromatic heterocycles. The van der Waals surface area contributed by atoms with Crippen molar-refractivity contribution in [2.24, 2.45) is 0 Å². The number of carbonyl (C=O) groups is 1. The van der Waals surface area contributed by atoms with Gasteiger partial charge in [-0.3, -0.25) is 0 Å². The number of benzene rings is 2. The Bertz CT molecular complexity index is 1000. The second-order valence-electron chi connectivity index (χ2n) is 8.21. The Kier molecular flexibility index (Phi) is 6.85. The van der Waals surface area contributed by atoms with Crippen molar-refractivity contribution in [3.63, 3.8) is 0 Å². The fraction of sp³-hybridized carbons (Fsp3) is 0.435. The van der Waals surface area contributed by atoms with E-state index in [1.807, 2.05) is 11.0 Å². The molecule has 1 fully saturated rings. The van der Waals surface area contributed by atoms with Gasteiger partial charge in [-0.2, -0.15) is 17.6 Å². The van der Waals surface area contributed by atoms with Crippen molar-refractivity contribution in [3.8, 4) is 11.5 Å². The standard InChI is InChI=1S/C23H24F4N2O5/c24-22(25)23(26,27)34-19-12-16(8-9-18(19)33-22)20(30)17(13-29-10-4-5-11-29)28-21(31)32-14-15-6-2-1-3-7-15/h1-3,6-9,12,17,20,30H,4-5,10-11,13-14H2,(H,28,31). The zero-order valence-electron chi connectivity index (χ0n) is 18.1. The predicted octanol–water partition coefficient (Wildman–Crippen LogP) is 4.07. The molecule has 34 heavy (non-hydrogen) atoms. The summed E-state index contributed by atoms with van der Waals surface area (Å²) in [5.74, 6) is -1.22. The summed E-state index contributed by atoms with van der Waals surface area (Å²) < 4.78 is 67.5. The summed E-state index contributed by atoms with van der Waals surface area (Å²) in [6.07, 6.45) is -9.91. The Labute approximate surface area is 193 Å². The van der Waals surface area contributed by atoms with Gasteiger partial charge in [0.15, 0.2) is 11.5 Å². The molecule has 2 unspecified atom stereocenters. The lowest BCUT2D eigenvalue weighted by molar-refractivity contribution is -0.391. The summed E-state index contributed by atoms with van der Waals surface area (Å²) in [6.45, 7) is 1.83. The number of ether oxygens (including phenoxy) is 3. The van der Waals surface area contributed by atoms with E-state index in [4.69, 9.17) is 4.74 Å². The largest absolute Gasteiger partial charge is 0.507 e. The first-order valence-corrected chi connectivity index (χ1v) is 10.8. The molecule has 7 nitrogen and oxygen atoms in total. The van der Waals surface area contributed by atoms with Crippen LogP contribution in [0.2, 0.25) is 0 Å². The van der Waals surface area contributed by atoms with Crippen LogP contribution in [0.25, 0.3) is 0 Å². The molecule has 11 heteroatoms. The number of aliphatic hydroxyl groups excluding tert-OH is 1. The van der Waals surface area contributed by atoms with Crippen LogP contribution in [0.15, 0.2) is 48.5 Å². The van der Waals surface area contributed by atoms with Crippen LogP contribution in [0.5, 0.6) is 11.5 Å².